The summed E-state index contributed by atoms with van der Waals surface area (Å²) in [5.74, 6) is 0. The van der Waals surface area contributed by atoms with Gasteiger partial charge in [0, 0.05) is 19.1 Å². The molecule has 0 bridgehead atoms. The molecule has 1 unspecified atom stereocenters. The molecule has 1 fully saturated rings. The van der Waals surface area contributed by atoms with Gasteiger partial charge in [-0.05, 0) is 31.0 Å². The third-order valence-electron chi connectivity index (χ3n) is 3.55. The summed E-state index contributed by atoms with van der Waals surface area (Å²) in [6, 6.07) is 5.06. The number of alkyl halides is 3. The van der Waals surface area contributed by atoms with Crippen LogP contribution in [0.2, 0.25) is 0 Å². The van der Waals surface area contributed by atoms with E-state index in [1.807, 2.05) is 4.90 Å². The van der Waals surface area contributed by atoms with Gasteiger partial charge in [-0.3, -0.25) is 4.90 Å². The SMILES string of the molecule is CS(=O)(=O)NC1CCCN(Cc2cccc(C(F)(F)F)c2)C1. The summed E-state index contributed by atoms with van der Waals surface area (Å²) < 4.78 is 63.2. The van der Waals surface area contributed by atoms with E-state index >= 15 is 0 Å². The number of nitrogens with zero attached hydrogens (tertiary/aromatic N) is 1. The van der Waals surface area contributed by atoms with Gasteiger partial charge in [0.25, 0.3) is 0 Å². The second kappa shape index (κ2) is 6.55. The molecule has 22 heavy (non-hydrogen) atoms. The number of piperidine rings is 1. The second-order valence-corrected chi connectivity index (χ2v) is 7.44. The Morgan fingerprint density at radius 1 is 1.36 bits per heavy atom. The summed E-state index contributed by atoms with van der Waals surface area (Å²) in [5.41, 5.74) is -0.0809. The van der Waals surface area contributed by atoms with Crippen molar-refractivity contribution in [3.8, 4) is 0 Å². The highest BCUT2D eigenvalue weighted by molar-refractivity contribution is 7.88. The lowest BCUT2D eigenvalue weighted by Crippen LogP contribution is -2.46. The van der Waals surface area contributed by atoms with Crippen LogP contribution in [-0.2, 0) is 22.7 Å². The highest BCUT2D eigenvalue weighted by Crippen LogP contribution is 2.30. The molecular formula is C14H19F3N2O2S. The number of hydrogen-bond acceptors (Lipinski definition) is 3. The zero-order valence-corrected chi connectivity index (χ0v) is 13.0. The molecule has 0 spiro atoms. The highest BCUT2D eigenvalue weighted by atomic mass is 32.2. The summed E-state index contributed by atoms with van der Waals surface area (Å²) in [6.45, 7) is 1.63. The quantitative estimate of drug-likeness (QED) is 0.917. The van der Waals surface area contributed by atoms with Crippen molar-refractivity contribution in [3.05, 3.63) is 35.4 Å². The minimum absolute atomic E-state index is 0.186. The highest BCUT2D eigenvalue weighted by Gasteiger charge is 2.30. The van der Waals surface area contributed by atoms with E-state index in [1.165, 1.54) is 6.07 Å². The Labute approximate surface area is 128 Å². The van der Waals surface area contributed by atoms with Crippen LogP contribution in [0.4, 0.5) is 13.2 Å². The molecule has 0 amide bonds. The number of benzene rings is 1. The zero-order valence-electron chi connectivity index (χ0n) is 12.2. The number of likely N-dealkylation sites (tertiary alicyclic amines) is 1. The van der Waals surface area contributed by atoms with Crippen molar-refractivity contribution in [3.63, 3.8) is 0 Å². The van der Waals surface area contributed by atoms with Crippen molar-refractivity contribution >= 4 is 10.0 Å². The van der Waals surface area contributed by atoms with Gasteiger partial charge in [-0.25, -0.2) is 13.1 Å². The van der Waals surface area contributed by atoms with E-state index in [9.17, 15) is 21.6 Å². The molecular weight excluding hydrogens is 317 g/mol. The average molecular weight is 336 g/mol. The maximum Gasteiger partial charge on any atom is 0.416 e. The Morgan fingerprint density at radius 3 is 2.73 bits per heavy atom. The van der Waals surface area contributed by atoms with Crippen LogP contribution in [0.3, 0.4) is 0 Å². The first kappa shape index (κ1) is 17.2. The Kier molecular flexibility index (Phi) is 5.14. The first-order valence-corrected chi connectivity index (χ1v) is 8.88. The van der Waals surface area contributed by atoms with E-state index in [0.717, 1.165) is 37.8 Å². The van der Waals surface area contributed by atoms with E-state index in [0.29, 0.717) is 18.7 Å². The molecule has 0 saturated carbocycles. The summed E-state index contributed by atoms with van der Waals surface area (Å²) in [5, 5.41) is 0. The molecule has 8 heteroatoms. The molecule has 0 radical (unpaired) electrons. The largest absolute Gasteiger partial charge is 0.416 e. The Hall–Kier alpha value is -1.12. The Balaban J connectivity index is 2.01. The van der Waals surface area contributed by atoms with Gasteiger partial charge in [-0.2, -0.15) is 13.2 Å². The molecule has 0 aromatic heterocycles. The number of halogens is 3. The van der Waals surface area contributed by atoms with Gasteiger partial charge in [-0.15, -0.1) is 0 Å². The average Bonchev–Trinajstić information content (AvgIpc) is 2.36. The first-order chi connectivity index (χ1) is 10.1. The van der Waals surface area contributed by atoms with Gasteiger partial charge in [-0.1, -0.05) is 18.2 Å². The van der Waals surface area contributed by atoms with Gasteiger partial charge in [0.05, 0.1) is 11.8 Å². The lowest BCUT2D eigenvalue weighted by atomic mass is 10.0. The van der Waals surface area contributed by atoms with Crippen LogP contribution >= 0.6 is 0 Å². The third-order valence-corrected chi connectivity index (χ3v) is 4.31. The van der Waals surface area contributed by atoms with Gasteiger partial charge in [0.2, 0.25) is 10.0 Å². The van der Waals surface area contributed by atoms with E-state index in [1.54, 1.807) is 6.07 Å². The number of sulfonamides is 1. The molecule has 2 rings (SSSR count). The van der Waals surface area contributed by atoms with Gasteiger partial charge in [0.1, 0.15) is 0 Å². The normalized spacial score (nSPS) is 21.0. The van der Waals surface area contributed by atoms with Gasteiger partial charge >= 0.3 is 6.18 Å². The van der Waals surface area contributed by atoms with Crippen molar-refractivity contribution in [1.29, 1.82) is 0 Å². The fraction of sp³-hybridized carbons (Fsp3) is 0.571. The molecule has 1 atom stereocenters. The minimum Gasteiger partial charge on any atom is -0.298 e. The van der Waals surface area contributed by atoms with E-state index in [4.69, 9.17) is 0 Å². The Morgan fingerprint density at radius 2 is 2.09 bits per heavy atom. The summed E-state index contributed by atoms with van der Waals surface area (Å²) >= 11 is 0. The molecule has 1 aliphatic heterocycles. The van der Waals surface area contributed by atoms with Gasteiger partial charge < -0.3 is 0 Å². The molecule has 4 nitrogen and oxygen atoms in total. The first-order valence-electron chi connectivity index (χ1n) is 6.99. The van der Waals surface area contributed by atoms with Crippen LogP contribution in [0.5, 0.6) is 0 Å². The van der Waals surface area contributed by atoms with Crippen molar-refractivity contribution in [1.82, 2.24) is 9.62 Å². The molecule has 1 N–H and O–H groups in total. The fourth-order valence-corrected chi connectivity index (χ4v) is 3.50. The maximum atomic E-state index is 12.7. The van der Waals surface area contributed by atoms with Crippen LogP contribution in [0.25, 0.3) is 0 Å². The third kappa shape index (κ3) is 5.26. The van der Waals surface area contributed by atoms with Crippen LogP contribution in [0, 0.1) is 0 Å². The summed E-state index contributed by atoms with van der Waals surface area (Å²) in [6.07, 6.45) is -1.69. The van der Waals surface area contributed by atoms with Gasteiger partial charge in [0.15, 0.2) is 0 Å². The molecule has 0 aliphatic carbocycles. The molecule has 1 aromatic carbocycles. The van der Waals surface area contributed by atoms with Crippen molar-refractivity contribution < 1.29 is 21.6 Å². The lowest BCUT2D eigenvalue weighted by molar-refractivity contribution is -0.137. The monoisotopic (exact) mass is 336 g/mol. The van der Waals surface area contributed by atoms with Crippen molar-refractivity contribution in [2.45, 2.75) is 31.6 Å². The summed E-state index contributed by atoms with van der Waals surface area (Å²) in [4.78, 5) is 1.97. The Bertz CT molecular complexity index is 617. The lowest BCUT2D eigenvalue weighted by Gasteiger charge is -2.32. The summed E-state index contributed by atoms with van der Waals surface area (Å²) in [7, 11) is -3.27. The molecule has 1 heterocycles. The zero-order chi connectivity index (χ0) is 16.4. The van der Waals surface area contributed by atoms with Crippen molar-refractivity contribution in [2.75, 3.05) is 19.3 Å². The fourth-order valence-electron chi connectivity index (χ4n) is 2.70. The predicted molar refractivity (Wildman–Crippen MR) is 77.7 cm³/mol. The smallest absolute Gasteiger partial charge is 0.298 e. The van der Waals surface area contributed by atoms with Crippen LogP contribution < -0.4 is 4.72 Å². The van der Waals surface area contributed by atoms with E-state index in [2.05, 4.69) is 4.72 Å². The molecule has 1 aliphatic rings. The number of hydrogen-bond donors (Lipinski definition) is 1. The second-order valence-electron chi connectivity index (χ2n) is 5.66. The molecule has 1 aromatic rings. The van der Waals surface area contributed by atoms with Crippen LogP contribution in [-0.4, -0.2) is 38.7 Å². The predicted octanol–water partition coefficient (Wildman–Crippen LogP) is 2.22. The van der Waals surface area contributed by atoms with Crippen LogP contribution in [0.15, 0.2) is 24.3 Å². The topological polar surface area (TPSA) is 49.4 Å². The standard InChI is InChI=1S/C14H19F3N2O2S/c1-22(20,21)18-13-6-3-7-19(10-13)9-11-4-2-5-12(8-11)14(15,16)17/h2,4-5,8,13,18H,3,6-7,9-10H2,1H3. The molecule has 1 saturated heterocycles. The van der Waals surface area contributed by atoms with Crippen LogP contribution in [0.1, 0.15) is 24.0 Å². The molecule has 124 valence electrons. The van der Waals surface area contributed by atoms with E-state index in [-0.39, 0.29) is 6.04 Å². The number of rotatable bonds is 4. The van der Waals surface area contributed by atoms with Crippen molar-refractivity contribution in [2.24, 2.45) is 0 Å². The number of nitrogens with one attached hydrogen (secondary N) is 1. The van der Waals surface area contributed by atoms with E-state index < -0.39 is 21.8 Å². The minimum atomic E-state index is -4.35. The maximum absolute atomic E-state index is 12.7.